The van der Waals surface area contributed by atoms with Crippen LogP contribution in [0.1, 0.15) is 32.0 Å². The molecule has 1 aromatic heterocycles. The molecular formula is C37H43N9O2. The number of amides is 2. The fourth-order valence-corrected chi connectivity index (χ4v) is 6.58. The molecule has 0 atom stereocenters. The Bertz CT molecular complexity index is 1800. The number of aryl methyl sites for hydroxylation is 1. The number of nitrogens with one attached hydrogen (secondary N) is 2. The van der Waals surface area contributed by atoms with E-state index in [4.69, 9.17) is 4.98 Å². The average Bonchev–Trinajstić information content (AvgIpc) is 3.10. The number of likely N-dealkylation sites (N-methyl/N-ethyl adjacent to an activating group) is 2. The molecule has 11 nitrogen and oxygen atoms in total. The fourth-order valence-electron chi connectivity index (χ4n) is 6.58. The molecule has 3 aliphatic rings. The van der Waals surface area contributed by atoms with Crippen molar-refractivity contribution >= 4 is 46.2 Å². The number of carbonyl (C=O) groups excluding carboxylic acids is 2. The van der Waals surface area contributed by atoms with E-state index in [1.165, 1.54) is 5.69 Å². The number of anilines is 6. The molecule has 2 N–H and O–H groups in total. The number of nitrogens with zero attached hydrogens (tertiary/aromatic N) is 7. The highest BCUT2D eigenvalue weighted by Gasteiger charge is 2.29. The van der Waals surface area contributed by atoms with Gasteiger partial charge in [-0.05, 0) is 81.2 Å². The molecule has 4 aromatic rings. The normalized spacial score (nSPS) is 17.3. The predicted octanol–water partition coefficient (Wildman–Crippen LogP) is 4.49. The Hall–Kier alpha value is -5.00. The molecule has 2 saturated heterocycles. The lowest BCUT2D eigenvalue weighted by Crippen LogP contribution is -2.44. The van der Waals surface area contributed by atoms with Crippen LogP contribution in [0, 0.1) is 6.92 Å². The molecule has 11 heteroatoms. The maximum atomic E-state index is 13.7. The quantitative estimate of drug-likeness (QED) is 0.301. The molecule has 0 unspecified atom stereocenters. The predicted molar refractivity (Wildman–Crippen MR) is 192 cm³/mol. The minimum atomic E-state index is -0.182. The number of aromatic nitrogens is 2. The van der Waals surface area contributed by atoms with Crippen LogP contribution in [0.3, 0.4) is 0 Å². The Morgan fingerprint density at radius 1 is 0.750 bits per heavy atom. The number of rotatable bonds is 7. The van der Waals surface area contributed by atoms with Gasteiger partial charge >= 0.3 is 0 Å². The van der Waals surface area contributed by atoms with Gasteiger partial charge in [-0.3, -0.25) is 9.59 Å². The Labute approximate surface area is 282 Å². The summed E-state index contributed by atoms with van der Waals surface area (Å²) in [5.41, 5.74) is 7.33. The number of carbonyl (C=O) groups is 2. The summed E-state index contributed by atoms with van der Waals surface area (Å²) in [7, 11) is 4.29. The van der Waals surface area contributed by atoms with Crippen LogP contribution in [0.2, 0.25) is 0 Å². The molecule has 248 valence electrons. The molecule has 48 heavy (non-hydrogen) atoms. The van der Waals surface area contributed by atoms with Crippen molar-refractivity contribution < 1.29 is 9.59 Å². The highest BCUT2D eigenvalue weighted by Crippen LogP contribution is 2.30. The summed E-state index contributed by atoms with van der Waals surface area (Å²) in [4.78, 5) is 47.4. The van der Waals surface area contributed by atoms with Crippen molar-refractivity contribution in [3.8, 4) is 0 Å². The molecule has 2 fully saturated rings. The first kappa shape index (κ1) is 31.6. The van der Waals surface area contributed by atoms with Crippen molar-refractivity contribution in [1.82, 2.24) is 19.8 Å². The van der Waals surface area contributed by atoms with Gasteiger partial charge in [-0.1, -0.05) is 12.1 Å². The Balaban J connectivity index is 1.01. The van der Waals surface area contributed by atoms with Gasteiger partial charge in [0.2, 0.25) is 5.95 Å². The zero-order valence-electron chi connectivity index (χ0n) is 27.9. The van der Waals surface area contributed by atoms with Gasteiger partial charge in [-0.25, -0.2) is 9.97 Å². The Kier molecular flexibility index (Phi) is 8.96. The molecule has 0 bridgehead atoms. The van der Waals surface area contributed by atoms with E-state index >= 15 is 0 Å². The SMILES string of the molecule is Cc1ccc(NC(=O)c2cccc(N3CCN(C)CC3)c2)cc1N1CCc2nc(Nc3ccc(N4CCN(C)CC4)cc3)ncc2C1=O. The van der Waals surface area contributed by atoms with Crippen molar-refractivity contribution in [2.24, 2.45) is 0 Å². The highest BCUT2D eigenvalue weighted by molar-refractivity contribution is 6.09. The van der Waals surface area contributed by atoms with Crippen molar-refractivity contribution in [3.63, 3.8) is 0 Å². The lowest BCUT2D eigenvalue weighted by molar-refractivity contribution is 0.0978. The lowest BCUT2D eigenvalue weighted by Gasteiger charge is -2.34. The molecule has 0 aliphatic carbocycles. The van der Waals surface area contributed by atoms with Gasteiger partial charge in [0, 0.05) is 106 Å². The maximum absolute atomic E-state index is 13.7. The zero-order chi connectivity index (χ0) is 33.2. The first-order valence-electron chi connectivity index (χ1n) is 16.7. The van der Waals surface area contributed by atoms with Crippen molar-refractivity contribution in [2.75, 3.05) is 98.3 Å². The highest BCUT2D eigenvalue weighted by atomic mass is 16.2. The van der Waals surface area contributed by atoms with Gasteiger partial charge < -0.3 is 35.1 Å². The number of fused-ring (bicyclic) bond motifs is 1. The summed E-state index contributed by atoms with van der Waals surface area (Å²) in [6, 6.07) is 21.8. The largest absolute Gasteiger partial charge is 0.369 e. The molecule has 0 spiro atoms. The van der Waals surface area contributed by atoms with Crippen molar-refractivity contribution in [1.29, 1.82) is 0 Å². The van der Waals surface area contributed by atoms with Gasteiger partial charge in [0.25, 0.3) is 11.8 Å². The number of benzene rings is 3. The monoisotopic (exact) mass is 645 g/mol. The van der Waals surface area contributed by atoms with Gasteiger partial charge in [0.15, 0.2) is 0 Å². The van der Waals surface area contributed by atoms with Gasteiger partial charge in [-0.15, -0.1) is 0 Å². The van der Waals surface area contributed by atoms with E-state index in [1.54, 1.807) is 11.1 Å². The van der Waals surface area contributed by atoms with Crippen LogP contribution in [0.5, 0.6) is 0 Å². The van der Waals surface area contributed by atoms with Gasteiger partial charge in [0.1, 0.15) is 0 Å². The second-order valence-corrected chi connectivity index (χ2v) is 13.0. The topological polar surface area (TPSA) is 100 Å². The third-order valence-electron chi connectivity index (χ3n) is 9.64. The second-order valence-electron chi connectivity index (χ2n) is 13.0. The zero-order valence-corrected chi connectivity index (χ0v) is 27.9. The second kappa shape index (κ2) is 13.6. The first-order chi connectivity index (χ1) is 23.3. The molecule has 3 aliphatic heterocycles. The minimum Gasteiger partial charge on any atom is -0.369 e. The Morgan fingerprint density at radius 2 is 1.42 bits per heavy atom. The number of hydrogen-bond donors (Lipinski definition) is 2. The molecule has 4 heterocycles. The average molecular weight is 646 g/mol. The molecule has 0 saturated carbocycles. The van der Waals surface area contributed by atoms with Crippen LogP contribution in [0.25, 0.3) is 0 Å². The summed E-state index contributed by atoms with van der Waals surface area (Å²) < 4.78 is 0. The van der Waals surface area contributed by atoms with Crippen LogP contribution in [0.4, 0.5) is 34.4 Å². The van der Waals surface area contributed by atoms with Gasteiger partial charge in [0.05, 0.1) is 11.3 Å². The minimum absolute atomic E-state index is 0.147. The summed E-state index contributed by atoms with van der Waals surface area (Å²) in [6.45, 7) is 10.5. The van der Waals surface area contributed by atoms with Crippen molar-refractivity contribution in [3.05, 3.63) is 95.3 Å². The van der Waals surface area contributed by atoms with E-state index in [9.17, 15) is 9.59 Å². The van der Waals surface area contributed by atoms with Crippen LogP contribution in [0.15, 0.2) is 72.9 Å². The van der Waals surface area contributed by atoms with Crippen LogP contribution >= 0.6 is 0 Å². The summed E-state index contributed by atoms with van der Waals surface area (Å²) in [5.74, 6) is 0.143. The molecule has 7 rings (SSSR count). The fraction of sp³-hybridized carbons (Fsp3) is 0.351. The van der Waals surface area contributed by atoms with Crippen LogP contribution in [-0.2, 0) is 6.42 Å². The summed E-state index contributed by atoms with van der Waals surface area (Å²) in [6.07, 6.45) is 2.21. The third-order valence-corrected chi connectivity index (χ3v) is 9.64. The molecule has 3 aromatic carbocycles. The maximum Gasteiger partial charge on any atom is 0.261 e. The standard InChI is InChI=1S/C37H43N9O2/c1-26-7-8-29(39-35(47)27-5-4-6-31(23-27)45-21-17-43(3)18-22-45)24-34(26)46-14-13-33-32(36(46)48)25-38-37(41-33)40-28-9-11-30(12-10-28)44-19-15-42(2)16-20-44/h4-12,23-25H,13-22H2,1-3H3,(H,39,47)(H,38,40,41). The van der Waals surface area contributed by atoms with E-state index < -0.39 is 0 Å². The lowest BCUT2D eigenvalue weighted by atomic mass is 10.0. The summed E-state index contributed by atoms with van der Waals surface area (Å²) >= 11 is 0. The van der Waals surface area contributed by atoms with E-state index in [-0.39, 0.29) is 11.8 Å². The summed E-state index contributed by atoms with van der Waals surface area (Å²) in [5, 5.41) is 6.35. The van der Waals surface area contributed by atoms with Gasteiger partial charge in [-0.2, -0.15) is 0 Å². The van der Waals surface area contributed by atoms with E-state index in [0.29, 0.717) is 35.7 Å². The molecule has 2 amide bonds. The Morgan fingerprint density at radius 3 is 2.12 bits per heavy atom. The van der Waals surface area contributed by atoms with Crippen LogP contribution < -0.4 is 25.3 Å². The van der Waals surface area contributed by atoms with E-state index in [0.717, 1.165) is 80.7 Å². The smallest absolute Gasteiger partial charge is 0.261 e. The third kappa shape index (κ3) is 6.83. The first-order valence-corrected chi connectivity index (χ1v) is 16.7. The van der Waals surface area contributed by atoms with Crippen LogP contribution in [-0.4, -0.2) is 105 Å². The van der Waals surface area contributed by atoms with E-state index in [2.05, 4.69) is 67.5 Å². The molecular weight excluding hydrogens is 602 g/mol. The number of hydrogen-bond acceptors (Lipinski definition) is 9. The van der Waals surface area contributed by atoms with Crippen molar-refractivity contribution in [2.45, 2.75) is 13.3 Å². The molecule has 0 radical (unpaired) electrons. The van der Waals surface area contributed by atoms with E-state index in [1.807, 2.05) is 55.5 Å². The number of piperazine rings is 2.